The van der Waals surface area contributed by atoms with Crippen molar-refractivity contribution in [3.05, 3.63) is 18.2 Å². The number of nitrogens with zero attached hydrogens (tertiary/aromatic N) is 2. The summed E-state index contributed by atoms with van der Waals surface area (Å²) in [6, 6.07) is 0. The van der Waals surface area contributed by atoms with Gasteiger partial charge in [0.2, 0.25) is 0 Å². The number of aryl methyl sites for hydroxylation is 2. The maximum Gasteiger partial charge on any atom is 0.256 e. The van der Waals surface area contributed by atoms with Gasteiger partial charge in [-0.15, -0.1) is 0 Å². The topological polar surface area (TPSA) is 8.81 Å². The van der Waals surface area contributed by atoms with Crippen molar-refractivity contribution in [3.63, 3.8) is 0 Å². The van der Waals surface area contributed by atoms with Gasteiger partial charge >= 0.3 is 0 Å². The van der Waals surface area contributed by atoms with Crippen LogP contribution in [0.25, 0.3) is 0 Å². The lowest BCUT2D eigenvalue weighted by Gasteiger charge is -2.06. The fourth-order valence-electron chi connectivity index (χ4n) is 3.83. The Morgan fingerprint density at radius 2 is 1.19 bits per heavy atom. The van der Waals surface area contributed by atoms with Crippen LogP contribution in [0.1, 0.15) is 123 Å². The smallest absolute Gasteiger partial charge is 0.234 e. The zero-order valence-corrected chi connectivity index (χ0v) is 18.3. The van der Waals surface area contributed by atoms with Gasteiger partial charge in [0.15, 0.2) is 0 Å². The van der Waals surface area contributed by atoms with Gasteiger partial charge in [0.1, 0.15) is 12.4 Å². The lowest BCUT2D eigenvalue weighted by molar-refractivity contribution is -0.704. The first-order valence-electron chi connectivity index (χ1n) is 11.9. The summed E-state index contributed by atoms with van der Waals surface area (Å²) in [6.07, 6.45) is 26.7. The summed E-state index contributed by atoms with van der Waals surface area (Å²) in [6.45, 7) is 9.33. The molecule has 152 valence electrons. The molecule has 0 amide bonds. The molecule has 0 atom stereocenters. The van der Waals surface area contributed by atoms with Crippen molar-refractivity contribution in [1.29, 1.82) is 0 Å². The second kappa shape index (κ2) is 16.4. The largest absolute Gasteiger partial charge is 0.256 e. The molecule has 26 heavy (non-hydrogen) atoms. The van der Waals surface area contributed by atoms with Gasteiger partial charge in [0.25, 0.3) is 5.82 Å². The predicted molar refractivity (Wildman–Crippen MR) is 115 cm³/mol. The van der Waals surface area contributed by atoms with E-state index in [9.17, 15) is 0 Å². The van der Waals surface area contributed by atoms with Crippen molar-refractivity contribution in [2.45, 2.75) is 137 Å². The molecule has 0 aromatic carbocycles. The fourth-order valence-corrected chi connectivity index (χ4v) is 3.83. The number of unbranched alkanes of at least 4 members (excludes halogenated alkanes) is 12. The van der Waals surface area contributed by atoms with Crippen LogP contribution in [0, 0.1) is 0 Å². The van der Waals surface area contributed by atoms with Gasteiger partial charge in [0, 0.05) is 6.42 Å². The van der Waals surface area contributed by atoms with Crippen molar-refractivity contribution in [2.24, 2.45) is 0 Å². The summed E-state index contributed by atoms with van der Waals surface area (Å²) >= 11 is 0. The van der Waals surface area contributed by atoms with Gasteiger partial charge in [-0.2, -0.15) is 0 Å². The van der Waals surface area contributed by atoms with E-state index in [1.54, 1.807) is 5.82 Å². The number of rotatable bonds is 18. The Morgan fingerprint density at radius 1 is 0.654 bits per heavy atom. The predicted octanol–water partition coefficient (Wildman–Crippen LogP) is 7.23. The first-order chi connectivity index (χ1) is 12.8. The Hall–Kier alpha value is -0.790. The highest BCUT2D eigenvalue weighted by atomic mass is 15.1. The third kappa shape index (κ3) is 10.4. The van der Waals surface area contributed by atoms with E-state index in [4.69, 9.17) is 0 Å². The molecule has 0 unspecified atom stereocenters. The summed E-state index contributed by atoms with van der Waals surface area (Å²) < 4.78 is 5.10. The van der Waals surface area contributed by atoms with Gasteiger partial charge < -0.3 is 0 Å². The molecule has 1 rings (SSSR count). The normalized spacial score (nSPS) is 11.3. The summed E-state index contributed by atoms with van der Waals surface area (Å²) in [7, 11) is 0. The minimum Gasteiger partial charge on any atom is -0.234 e. The molecule has 0 fully saturated rings. The maximum atomic E-state index is 2.55. The number of hydrogen-bond donors (Lipinski definition) is 0. The Bertz CT molecular complexity index is 422. The zero-order valence-electron chi connectivity index (χ0n) is 18.3. The molecule has 2 heteroatoms. The average Bonchev–Trinajstić information content (AvgIpc) is 3.03. The number of aromatic nitrogens is 2. The number of hydrogen-bond acceptors (Lipinski definition) is 0. The molecule has 0 aliphatic heterocycles. The lowest BCUT2D eigenvalue weighted by Crippen LogP contribution is -2.37. The molecular weight excluding hydrogens is 316 g/mol. The quantitative estimate of drug-likeness (QED) is 0.192. The van der Waals surface area contributed by atoms with Crippen molar-refractivity contribution in [1.82, 2.24) is 4.57 Å². The molecule has 1 aromatic rings. The molecule has 0 aliphatic carbocycles. The van der Waals surface area contributed by atoms with E-state index in [1.807, 2.05) is 0 Å². The van der Waals surface area contributed by atoms with Crippen LogP contribution in [0.3, 0.4) is 0 Å². The molecule has 0 aliphatic rings. The first-order valence-corrected chi connectivity index (χ1v) is 11.9. The van der Waals surface area contributed by atoms with Crippen molar-refractivity contribution < 1.29 is 4.57 Å². The Balaban J connectivity index is 2.33. The summed E-state index contributed by atoms with van der Waals surface area (Å²) in [4.78, 5) is 0. The SMILES string of the molecule is CCCCCCCCCC[n+]1ccn(CCCCCCC)c1CCCC. The Labute approximate surface area is 164 Å². The van der Waals surface area contributed by atoms with Crippen LogP contribution in [0.2, 0.25) is 0 Å². The van der Waals surface area contributed by atoms with E-state index < -0.39 is 0 Å². The van der Waals surface area contributed by atoms with Gasteiger partial charge in [0.05, 0.1) is 13.1 Å². The third-order valence-corrected chi connectivity index (χ3v) is 5.60. The molecular formula is C24H47N2+. The Kier molecular flexibility index (Phi) is 14.7. The molecule has 1 aromatic heterocycles. The minimum absolute atomic E-state index is 1.22. The molecule has 0 radical (unpaired) electrons. The van der Waals surface area contributed by atoms with Crippen LogP contribution in [0.4, 0.5) is 0 Å². The van der Waals surface area contributed by atoms with Crippen LogP contribution in [-0.2, 0) is 19.5 Å². The van der Waals surface area contributed by atoms with Crippen LogP contribution >= 0.6 is 0 Å². The molecule has 2 nitrogen and oxygen atoms in total. The van der Waals surface area contributed by atoms with Gasteiger partial charge in [-0.05, 0) is 32.1 Å². The van der Waals surface area contributed by atoms with Crippen LogP contribution < -0.4 is 4.57 Å². The molecule has 0 bridgehead atoms. The van der Waals surface area contributed by atoms with E-state index in [2.05, 4.69) is 42.3 Å². The van der Waals surface area contributed by atoms with Gasteiger partial charge in [-0.25, -0.2) is 9.13 Å². The summed E-state index contributed by atoms with van der Waals surface area (Å²) in [5.74, 6) is 1.57. The Morgan fingerprint density at radius 3 is 1.81 bits per heavy atom. The lowest BCUT2D eigenvalue weighted by atomic mass is 10.1. The summed E-state index contributed by atoms with van der Waals surface area (Å²) in [5.41, 5.74) is 0. The molecule has 0 saturated heterocycles. The van der Waals surface area contributed by atoms with E-state index >= 15 is 0 Å². The maximum absolute atomic E-state index is 2.55. The highest BCUT2D eigenvalue weighted by Crippen LogP contribution is 2.10. The highest BCUT2D eigenvalue weighted by molar-refractivity contribution is 4.84. The van der Waals surface area contributed by atoms with E-state index in [1.165, 1.54) is 116 Å². The van der Waals surface area contributed by atoms with Crippen molar-refractivity contribution in [3.8, 4) is 0 Å². The highest BCUT2D eigenvalue weighted by Gasteiger charge is 2.15. The fraction of sp³-hybridized carbons (Fsp3) is 0.875. The monoisotopic (exact) mass is 363 g/mol. The van der Waals surface area contributed by atoms with E-state index in [0.717, 1.165) is 0 Å². The van der Waals surface area contributed by atoms with Crippen LogP contribution in [0.15, 0.2) is 12.4 Å². The van der Waals surface area contributed by atoms with Gasteiger partial charge in [-0.1, -0.05) is 85.0 Å². The standard InChI is InChI=1S/C24H47N2/c1-4-7-10-12-13-14-16-18-21-26-23-22-25(24(26)19-9-6-3)20-17-15-11-8-5-2/h22-23H,4-21H2,1-3H3/q+1. The zero-order chi connectivity index (χ0) is 18.9. The van der Waals surface area contributed by atoms with E-state index in [0.29, 0.717) is 0 Å². The molecule has 0 spiro atoms. The first kappa shape index (κ1) is 23.2. The number of imidazole rings is 1. The van der Waals surface area contributed by atoms with E-state index in [-0.39, 0.29) is 0 Å². The second-order valence-electron chi connectivity index (χ2n) is 8.09. The molecule has 0 N–H and O–H groups in total. The molecule has 0 saturated carbocycles. The van der Waals surface area contributed by atoms with Gasteiger partial charge in [-0.3, -0.25) is 0 Å². The van der Waals surface area contributed by atoms with Crippen LogP contribution in [-0.4, -0.2) is 4.57 Å². The average molecular weight is 364 g/mol. The minimum atomic E-state index is 1.22. The van der Waals surface area contributed by atoms with Crippen molar-refractivity contribution >= 4 is 0 Å². The second-order valence-corrected chi connectivity index (χ2v) is 8.09. The molecule has 1 heterocycles. The third-order valence-electron chi connectivity index (χ3n) is 5.60. The summed E-state index contributed by atoms with van der Waals surface area (Å²) in [5, 5.41) is 0. The van der Waals surface area contributed by atoms with Crippen molar-refractivity contribution in [2.75, 3.05) is 0 Å². The van der Waals surface area contributed by atoms with Crippen LogP contribution in [0.5, 0.6) is 0 Å².